The van der Waals surface area contributed by atoms with E-state index in [1.807, 2.05) is 42.5 Å². The number of nitrogens with zero attached hydrogens (tertiary/aromatic N) is 2. The summed E-state index contributed by atoms with van der Waals surface area (Å²) in [5.74, 6) is 3.01. The summed E-state index contributed by atoms with van der Waals surface area (Å²) in [5, 5.41) is 6.45. The Kier molecular flexibility index (Phi) is 5.05. The van der Waals surface area contributed by atoms with Gasteiger partial charge in [-0.15, -0.1) is 0 Å². The van der Waals surface area contributed by atoms with Gasteiger partial charge >= 0.3 is 0 Å². The number of amides is 1. The minimum atomic E-state index is -0.107. The Hall–Kier alpha value is -3.41. The number of ether oxygens (including phenoxy) is 1. The number of benzene rings is 1. The molecule has 2 fully saturated rings. The topological polar surface area (TPSA) is 76.1 Å². The number of rotatable bonds is 6. The second-order valence-corrected chi connectivity index (χ2v) is 8.08. The van der Waals surface area contributed by atoms with Gasteiger partial charge in [-0.1, -0.05) is 12.5 Å². The second-order valence-electron chi connectivity index (χ2n) is 8.08. The van der Waals surface area contributed by atoms with Crippen molar-refractivity contribution in [2.45, 2.75) is 31.7 Å². The van der Waals surface area contributed by atoms with Gasteiger partial charge in [-0.25, -0.2) is 9.97 Å². The van der Waals surface area contributed by atoms with Gasteiger partial charge in [-0.2, -0.15) is 0 Å². The monoisotopic (exact) mass is 400 g/mol. The van der Waals surface area contributed by atoms with Crippen LogP contribution in [0.4, 0.5) is 11.5 Å². The van der Waals surface area contributed by atoms with Gasteiger partial charge in [0.15, 0.2) is 0 Å². The molecule has 3 atom stereocenters. The molecule has 0 saturated heterocycles. The maximum Gasteiger partial charge on any atom is 0.257 e. The summed E-state index contributed by atoms with van der Waals surface area (Å²) in [7, 11) is 0. The molecular formula is C24H24N4O2. The Morgan fingerprint density at radius 2 is 1.80 bits per heavy atom. The van der Waals surface area contributed by atoms with Crippen LogP contribution in [-0.4, -0.2) is 21.9 Å². The van der Waals surface area contributed by atoms with Crippen molar-refractivity contribution in [1.29, 1.82) is 0 Å². The van der Waals surface area contributed by atoms with Crippen molar-refractivity contribution in [3.05, 3.63) is 72.6 Å². The predicted molar refractivity (Wildman–Crippen MR) is 115 cm³/mol. The lowest BCUT2D eigenvalue weighted by atomic mass is 9.95. The van der Waals surface area contributed by atoms with Gasteiger partial charge in [-0.05, 0) is 79.6 Å². The highest BCUT2D eigenvalue weighted by atomic mass is 16.5. The van der Waals surface area contributed by atoms with E-state index >= 15 is 0 Å². The summed E-state index contributed by atoms with van der Waals surface area (Å²) in [6.45, 7) is 0. The lowest BCUT2D eigenvalue weighted by Crippen LogP contribution is -2.38. The van der Waals surface area contributed by atoms with Gasteiger partial charge in [-0.3, -0.25) is 4.79 Å². The van der Waals surface area contributed by atoms with E-state index in [4.69, 9.17) is 4.74 Å². The number of carbonyl (C=O) groups excluding carboxylic acids is 1. The molecule has 6 nitrogen and oxygen atoms in total. The van der Waals surface area contributed by atoms with Gasteiger partial charge in [0, 0.05) is 24.1 Å². The second kappa shape index (κ2) is 8.14. The normalized spacial score (nSPS) is 21.9. The van der Waals surface area contributed by atoms with Gasteiger partial charge < -0.3 is 15.4 Å². The Balaban J connectivity index is 1.26. The zero-order valence-corrected chi connectivity index (χ0v) is 16.6. The quantitative estimate of drug-likeness (QED) is 0.613. The number of carbonyl (C=O) groups is 1. The van der Waals surface area contributed by atoms with E-state index in [1.165, 1.54) is 19.3 Å². The number of aromatic nitrogens is 2. The molecule has 1 amide bonds. The van der Waals surface area contributed by atoms with E-state index in [0.717, 1.165) is 23.8 Å². The maximum absolute atomic E-state index is 12.9. The van der Waals surface area contributed by atoms with Gasteiger partial charge in [0.1, 0.15) is 17.1 Å². The highest BCUT2D eigenvalue weighted by Gasteiger charge is 2.40. The molecule has 2 aliphatic carbocycles. The molecular weight excluding hydrogens is 376 g/mol. The number of nitrogens with one attached hydrogen (secondary N) is 2. The molecule has 2 saturated carbocycles. The smallest absolute Gasteiger partial charge is 0.257 e. The Labute approximate surface area is 175 Å². The highest BCUT2D eigenvalue weighted by molar-refractivity contribution is 5.96. The van der Waals surface area contributed by atoms with Gasteiger partial charge in [0.25, 0.3) is 5.91 Å². The SMILES string of the molecule is O=C(N[C@@H]1CC2CC[C@@H]1C2)c1cccnc1Oc1ccc(Nc2ccccn2)cc1. The van der Waals surface area contributed by atoms with Crippen LogP contribution in [0.15, 0.2) is 67.0 Å². The number of hydrogen-bond acceptors (Lipinski definition) is 5. The lowest BCUT2D eigenvalue weighted by Gasteiger charge is -2.23. The van der Waals surface area contributed by atoms with Crippen molar-refractivity contribution in [2.24, 2.45) is 11.8 Å². The van der Waals surface area contributed by atoms with Crippen molar-refractivity contribution in [2.75, 3.05) is 5.32 Å². The molecule has 30 heavy (non-hydrogen) atoms. The summed E-state index contributed by atoms with van der Waals surface area (Å²) < 4.78 is 5.95. The highest BCUT2D eigenvalue weighted by Crippen LogP contribution is 2.44. The summed E-state index contributed by atoms with van der Waals surface area (Å²) in [6, 6.07) is 17.0. The van der Waals surface area contributed by atoms with Crippen molar-refractivity contribution in [3.8, 4) is 11.6 Å². The number of hydrogen-bond donors (Lipinski definition) is 2. The average Bonchev–Trinajstić information content (AvgIpc) is 3.39. The minimum absolute atomic E-state index is 0.107. The number of fused-ring (bicyclic) bond motifs is 2. The third-order valence-electron chi connectivity index (χ3n) is 6.08. The molecule has 2 N–H and O–H groups in total. The molecule has 3 aromatic rings. The minimum Gasteiger partial charge on any atom is -0.438 e. The first-order chi connectivity index (χ1) is 14.7. The fourth-order valence-electron chi connectivity index (χ4n) is 4.62. The van der Waals surface area contributed by atoms with Crippen molar-refractivity contribution < 1.29 is 9.53 Å². The van der Waals surface area contributed by atoms with Crippen LogP contribution in [0.3, 0.4) is 0 Å². The molecule has 2 bridgehead atoms. The predicted octanol–water partition coefficient (Wildman–Crippen LogP) is 4.93. The summed E-state index contributed by atoms with van der Waals surface area (Å²) >= 11 is 0. The standard InChI is InChI=1S/C24H24N4O2/c29-23(28-21-15-16-6-7-17(21)14-16)20-4-3-13-26-24(20)30-19-10-8-18(9-11-19)27-22-5-1-2-12-25-22/h1-5,8-13,16-17,21H,6-7,14-15H2,(H,25,27)(H,28,29)/t16?,17-,21-/m1/s1. The summed E-state index contributed by atoms with van der Waals surface area (Å²) in [4.78, 5) is 21.5. The van der Waals surface area contributed by atoms with Crippen LogP contribution in [0.25, 0.3) is 0 Å². The Morgan fingerprint density at radius 1 is 0.933 bits per heavy atom. The molecule has 2 heterocycles. The van der Waals surface area contributed by atoms with E-state index in [9.17, 15) is 4.79 Å². The van der Waals surface area contributed by atoms with E-state index in [1.54, 1.807) is 24.5 Å². The van der Waals surface area contributed by atoms with Crippen LogP contribution < -0.4 is 15.4 Å². The van der Waals surface area contributed by atoms with Gasteiger partial charge in [0.2, 0.25) is 5.88 Å². The van der Waals surface area contributed by atoms with Gasteiger partial charge in [0.05, 0.1) is 0 Å². The molecule has 0 spiro atoms. The molecule has 1 unspecified atom stereocenters. The lowest BCUT2D eigenvalue weighted by molar-refractivity contribution is 0.0920. The molecule has 5 rings (SSSR count). The first-order valence-corrected chi connectivity index (χ1v) is 10.5. The molecule has 152 valence electrons. The van der Waals surface area contributed by atoms with Crippen LogP contribution in [0.5, 0.6) is 11.6 Å². The molecule has 2 aromatic heterocycles. The zero-order chi connectivity index (χ0) is 20.3. The number of anilines is 2. The molecule has 2 aliphatic rings. The van der Waals surface area contributed by atoms with Crippen LogP contribution in [0.1, 0.15) is 36.0 Å². The average molecular weight is 400 g/mol. The molecule has 6 heteroatoms. The third-order valence-corrected chi connectivity index (χ3v) is 6.08. The first kappa shape index (κ1) is 18.6. The van der Waals surface area contributed by atoms with Crippen molar-refractivity contribution >= 4 is 17.4 Å². The summed E-state index contributed by atoms with van der Waals surface area (Å²) in [6.07, 6.45) is 8.26. The maximum atomic E-state index is 12.9. The van der Waals surface area contributed by atoms with Crippen LogP contribution in [-0.2, 0) is 0 Å². The fourth-order valence-corrected chi connectivity index (χ4v) is 4.62. The molecule has 0 aliphatic heterocycles. The largest absolute Gasteiger partial charge is 0.438 e. The molecule has 1 aromatic carbocycles. The Morgan fingerprint density at radius 3 is 2.53 bits per heavy atom. The summed E-state index contributed by atoms with van der Waals surface area (Å²) in [5.41, 5.74) is 1.37. The van der Waals surface area contributed by atoms with E-state index in [0.29, 0.717) is 23.1 Å². The van der Waals surface area contributed by atoms with Crippen molar-refractivity contribution in [3.63, 3.8) is 0 Å². The zero-order valence-electron chi connectivity index (χ0n) is 16.6. The van der Waals surface area contributed by atoms with Crippen LogP contribution in [0.2, 0.25) is 0 Å². The third kappa shape index (κ3) is 3.99. The van der Waals surface area contributed by atoms with E-state index < -0.39 is 0 Å². The fraction of sp³-hybridized carbons (Fsp3) is 0.292. The first-order valence-electron chi connectivity index (χ1n) is 10.5. The molecule has 0 radical (unpaired) electrons. The number of pyridine rings is 2. The van der Waals surface area contributed by atoms with Crippen LogP contribution in [0, 0.1) is 11.8 Å². The Bertz CT molecular complexity index is 1020. The van der Waals surface area contributed by atoms with E-state index in [-0.39, 0.29) is 11.9 Å². The van der Waals surface area contributed by atoms with E-state index in [2.05, 4.69) is 20.6 Å². The van der Waals surface area contributed by atoms with Crippen molar-refractivity contribution in [1.82, 2.24) is 15.3 Å². The van der Waals surface area contributed by atoms with Crippen LogP contribution >= 0.6 is 0 Å².